The van der Waals surface area contributed by atoms with Crippen molar-refractivity contribution >= 4 is 46.4 Å². The van der Waals surface area contributed by atoms with Gasteiger partial charge in [0.2, 0.25) is 5.91 Å². The zero-order chi connectivity index (χ0) is 17.7. The van der Waals surface area contributed by atoms with Crippen LogP contribution in [0.15, 0.2) is 35.7 Å². The Kier molecular flexibility index (Phi) is 6.66. The lowest BCUT2D eigenvalue weighted by molar-refractivity contribution is -0.131. The lowest BCUT2D eigenvalue weighted by atomic mass is 10.1. The molecular weight excluding hydrogens is 367 g/mol. The van der Waals surface area contributed by atoms with Crippen molar-refractivity contribution in [2.45, 2.75) is 19.4 Å². The third-order valence-electron chi connectivity index (χ3n) is 3.76. The van der Waals surface area contributed by atoms with E-state index in [0.717, 1.165) is 5.56 Å². The predicted octanol–water partition coefficient (Wildman–Crippen LogP) is 4.39. The van der Waals surface area contributed by atoms with Crippen LogP contribution in [0.2, 0.25) is 10.0 Å². The summed E-state index contributed by atoms with van der Waals surface area (Å²) >= 11 is 13.5. The largest absolute Gasteiger partial charge is 0.351 e. The molecule has 7 heteroatoms. The fourth-order valence-corrected chi connectivity index (χ4v) is 3.43. The van der Waals surface area contributed by atoms with Gasteiger partial charge in [-0.05, 0) is 36.1 Å². The van der Waals surface area contributed by atoms with Crippen molar-refractivity contribution in [3.8, 4) is 0 Å². The summed E-state index contributed by atoms with van der Waals surface area (Å²) in [6.45, 7) is 2.19. The number of nitrogens with zero attached hydrogens (tertiary/aromatic N) is 1. The number of halogens is 2. The van der Waals surface area contributed by atoms with Crippen LogP contribution in [0.5, 0.6) is 0 Å². The van der Waals surface area contributed by atoms with Gasteiger partial charge in [0.15, 0.2) is 0 Å². The molecule has 0 aliphatic heterocycles. The molecule has 0 fully saturated rings. The van der Waals surface area contributed by atoms with Crippen molar-refractivity contribution in [2.75, 3.05) is 13.6 Å². The molecule has 1 aromatic carbocycles. The predicted molar refractivity (Wildman–Crippen MR) is 98.9 cm³/mol. The van der Waals surface area contributed by atoms with Crippen LogP contribution in [0.1, 0.15) is 34.6 Å². The maximum Gasteiger partial charge on any atom is 0.261 e. The fourth-order valence-electron chi connectivity index (χ4n) is 2.22. The summed E-state index contributed by atoms with van der Waals surface area (Å²) in [5, 5.41) is 5.67. The van der Waals surface area contributed by atoms with Crippen LogP contribution in [-0.4, -0.2) is 30.3 Å². The summed E-state index contributed by atoms with van der Waals surface area (Å²) in [6, 6.07) is 8.61. The Morgan fingerprint density at radius 3 is 2.67 bits per heavy atom. The molecule has 0 aliphatic carbocycles. The third kappa shape index (κ3) is 4.72. The van der Waals surface area contributed by atoms with Crippen molar-refractivity contribution in [2.24, 2.45) is 0 Å². The van der Waals surface area contributed by atoms with E-state index in [9.17, 15) is 9.59 Å². The zero-order valence-electron chi connectivity index (χ0n) is 13.4. The normalized spacial score (nSPS) is 11.8. The average molecular weight is 385 g/mol. The second kappa shape index (κ2) is 8.51. The molecule has 2 rings (SSSR count). The van der Waals surface area contributed by atoms with Crippen molar-refractivity contribution in [3.63, 3.8) is 0 Å². The van der Waals surface area contributed by atoms with Crippen molar-refractivity contribution in [1.82, 2.24) is 10.2 Å². The second-order valence-corrected chi connectivity index (χ2v) is 7.12. The summed E-state index contributed by atoms with van der Waals surface area (Å²) in [6.07, 6.45) is 0.225. The monoisotopic (exact) mass is 384 g/mol. The van der Waals surface area contributed by atoms with Gasteiger partial charge in [-0.2, -0.15) is 0 Å². The van der Waals surface area contributed by atoms with Gasteiger partial charge in [0.25, 0.3) is 5.91 Å². The Hall–Kier alpha value is -1.56. The van der Waals surface area contributed by atoms with Gasteiger partial charge in [-0.15, -0.1) is 11.3 Å². The summed E-state index contributed by atoms with van der Waals surface area (Å²) in [4.78, 5) is 26.4. The van der Waals surface area contributed by atoms with Gasteiger partial charge in [-0.3, -0.25) is 9.59 Å². The molecule has 2 amide bonds. The third-order valence-corrected chi connectivity index (χ3v) is 5.19. The Balaban J connectivity index is 1.88. The van der Waals surface area contributed by atoms with Crippen molar-refractivity contribution in [1.29, 1.82) is 0 Å². The molecule has 1 N–H and O–H groups in total. The van der Waals surface area contributed by atoms with E-state index in [4.69, 9.17) is 23.2 Å². The number of carbonyl (C=O) groups excluding carboxylic acids is 2. The van der Waals surface area contributed by atoms with E-state index in [-0.39, 0.29) is 24.3 Å². The average Bonchev–Trinajstić information content (AvgIpc) is 3.08. The van der Waals surface area contributed by atoms with Gasteiger partial charge in [0, 0.05) is 30.1 Å². The van der Waals surface area contributed by atoms with E-state index in [0.29, 0.717) is 21.5 Å². The molecular formula is C17H18Cl2N2O2S. The number of amides is 2. The second-order valence-electron chi connectivity index (χ2n) is 5.33. The number of benzene rings is 1. The van der Waals surface area contributed by atoms with Crippen molar-refractivity contribution in [3.05, 3.63) is 56.2 Å². The summed E-state index contributed by atoms with van der Waals surface area (Å²) < 4.78 is 0. The highest BCUT2D eigenvalue weighted by Crippen LogP contribution is 2.29. The van der Waals surface area contributed by atoms with E-state index >= 15 is 0 Å². The van der Waals surface area contributed by atoms with Gasteiger partial charge in [-0.25, -0.2) is 0 Å². The van der Waals surface area contributed by atoms with Gasteiger partial charge in [0.05, 0.1) is 10.9 Å². The Morgan fingerprint density at radius 2 is 2.04 bits per heavy atom. The Morgan fingerprint density at radius 1 is 1.29 bits per heavy atom. The fraction of sp³-hybridized carbons (Fsp3) is 0.294. The number of nitrogens with one attached hydrogen (secondary N) is 1. The summed E-state index contributed by atoms with van der Waals surface area (Å²) in [7, 11) is 1.72. The summed E-state index contributed by atoms with van der Waals surface area (Å²) in [5.41, 5.74) is 0.833. The highest BCUT2D eigenvalue weighted by Gasteiger charge is 2.19. The number of thiophene rings is 1. The van der Waals surface area contributed by atoms with Gasteiger partial charge >= 0.3 is 0 Å². The molecule has 1 heterocycles. The molecule has 1 atom stereocenters. The van der Waals surface area contributed by atoms with Crippen LogP contribution in [0.25, 0.3) is 0 Å². The first-order valence-electron chi connectivity index (χ1n) is 7.42. The van der Waals surface area contributed by atoms with Crippen LogP contribution in [0, 0.1) is 0 Å². The zero-order valence-corrected chi connectivity index (χ0v) is 15.7. The minimum Gasteiger partial charge on any atom is -0.351 e. The quantitative estimate of drug-likeness (QED) is 0.802. The Bertz CT molecular complexity index is 719. The molecule has 0 aliphatic rings. The number of hydrogen-bond donors (Lipinski definition) is 1. The molecule has 0 saturated heterocycles. The molecule has 0 radical (unpaired) electrons. The highest BCUT2D eigenvalue weighted by molar-refractivity contribution is 7.12. The van der Waals surface area contributed by atoms with E-state index in [1.54, 1.807) is 30.1 Å². The molecule has 0 bridgehead atoms. The minimum atomic E-state index is -0.185. The summed E-state index contributed by atoms with van der Waals surface area (Å²) in [5.74, 6) is -0.228. The van der Waals surface area contributed by atoms with E-state index in [1.165, 1.54) is 11.3 Å². The van der Waals surface area contributed by atoms with Gasteiger partial charge in [-0.1, -0.05) is 35.3 Å². The van der Waals surface area contributed by atoms with Crippen molar-refractivity contribution < 1.29 is 9.59 Å². The smallest absolute Gasteiger partial charge is 0.261 e. The molecule has 4 nitrogen and oxygen atoms in total. The van der Waals surface area contributed by atoms with Crippen LogP contribution in [0.4, 0.5) is 0 Å². The standard InChI is InChI=1S/C17H18Cl2N2O2S/c1-11(13-6-5-12(18)10-14(13)19)21(2)16(22)7-8-20-17(23)15-4-3-9-24-15/h3-6,9-11H,7-8H2,1-2H3,(H,20,23). The molecule has 1 aromatic heterocycles. The Labute approximate surface area is 155 Å². The lowest BCUT2D eigenvalue weighted by Gasteiger charge is -2.26. The first kappa shape index (κ1) is 18.8. The topological polar surface area (TPSA) is 49.4 Å². The van der Waals surface area contributed by atoms with E-state index in [1.807, 2.05) is 24.4 Å². The number of carbonyl (C=O) groups is 2. The number of rotatable bonds is 6. The SMILES string of the molecule is CC(c1ccc(Cl)cc1Cl)N(C)C(=O)CCNC(=O)c1cccs1. The van der Waals surface area contributed by atoms with Crippen LogP contribution < -0.4 is 5.32 Å². The first-order valence-corrected chi connectivity index (χ1v) is 9.06. The lowest BCUT2D eigenvalue weighted by Crippen LogP contribution is -2.33. The first-order chi connectivity index (χ1) is 11.4. The molecule has 1 unspecified atom stereocenters. The maximum atomic E-state index is 12.3. The minimum absolute atomic E-state index is 0.0694. The molecule has 24 heavy (non-hydrogen) atoms. The van der Waals surface area contributed by atoms with Crippen LogP contribution in [0.3, 0.4) is 0 Å². The highest BCUT2D eigenvalue weighted by atomic mass is 35.5. The van der Waals surface area contributed by atoms with Gasteiger partial charge < -0.3 is 10.2 Å². The maximum absolute atomic E-state index is 12.3. The number of hydrogen-bond acceptors (Lipinski definition) is 3. The van der Waals surface area contributed by atoms with E-state index < -0.39 is 0 Å². The molecule has 0 spiro atoms. The van der Waals surface area contributed by atoms with Gasteiger partial charge in [0.1, 0.15) is 0 Å². The molecule has 0 saturated carbocycles. The van der Waals surface area contributed by atoms with E-state index in [2.05, 4.69) is 5.32 Å². The van der Waals surface area contributed by atoms with Crippen LogP contribution in [-0.2, 0) is 4.79 Å². The molecule has 2 aromatic rings. The van der Waals surface area contributed by atoms with Crippen LogP contribution >= 0.6 is 34.5 Å². The molecule has 128 valence electrons.